The highest BCUT2D eigenvalue weighted by Crippen LogP contribution is 2.36. The van der Waals surface area contributed by atoms with Gasteiger partial charge in [-0.05, 0) is 36.5 Å². The van der Waals surface area contributed by atoms with Gasteiger partial charge in [-0.25, -0.2) is 0 Å². The molecular formula is C13H13N3O3. The third-order valence-corrected chi connectivity index (χ3v) is 3.07. The Morgan fingerprint density at radius 1 is 1.21 bits per heavy atom. The largest absolute Gasteiger partial charge is 0.436 e. The minimum Gasteiger partial charge on any atom is -0.436 e. The number of hydrogen-bond acceptors (Lipinski definition) is 5. The Bertz CT molecular complexity index is 527. The van der Waals surface area contributed by atoms with Crippen molar-refractivity contribution < 1.29 is 14.3 Å². The number of rotatable bonds is 3. The zero-order chi connectivity index (χ0) is 13.5. The highest BCUT2D eigenvalue weighted by Gasteiger charge is 2.19. The van der Waals surface area contributed by atoms with Gasteiger partial charge in [0.25, 0.3) is 5.88 Å². The Balaban J connectivity index is 0.000000408. The van der Waals surface area contributed by atoms with Crippen molar-refractivity contribution in [3.05, 3.63) is 36.0 Å². The molecule has 0 bridgehead atoms. The number of aromatic nitrogens is 3. The quantitative estimate of drug-likeness (QED) is 0.913. The van der Waals surface area contributed by atoms with Gasteiger partial charge in [0.15, 0.2) is 0 Å². The second kappa shape index (κ2) is 6.47. The SMILES string of the molecule is O=C=O.c1cc(C2CCC2)ccc1Oc1cn[nH]n1. The van der Waals surface area contributed by atoms with Crippen LogP contribution in [0.2, 0.25) is 0 Å². The molecule has 0 saturated heterocycles. The molecule has 1 heterocycles. The molecule has 98 valence electrons. The van der Waals surface area contributed by atoms with Crippen molar-refractivity contribution in [2.24, 2.45) is 0 Å². The summed E-state index contributed by atoms with van der Waals surface area (Å²) in [6.45, 7) is 0. The van der Waals surface area contributed by atoms with Crippen LogP contribution in [0.25, 0.3) is 0 Å². The maximum Gasteiger partial charge on any atom is 0.373 e. The van der Waals surface area contributed by atoms with Gasteiger partial charge in [0, 0.05) is 0 Å². The molecule has 1 saturated carbocycles. The summed E-state index contributed by atoms with van der Waals surface area (Å²) in [4.78, 5) is 16.2. The normalized spacial score (nSPS) is 13.7. The number of hydrogen-bond donors (Lipinski definition) is 1. The van der Waals surface area contributed by atoms with Crippen LogP contribution < -0.4 is 4.74 Å². The first-order chi connectivity index (χ1) is 9.33. The topological polar surface area (TPSA) is 84.9 Å². The number of nitrogens with zero attached hydrogens (tertiary/aromatic N) is 2. The molecule has 0 aliphatic heterocycles. The van der Waals surface area contributed by atoms with Crippen molar-refractivity contribution in [3.8, 4) is 11.6 Å². The van der Waals surface area contributed by atoms with E-state index in [4.69, 9.17) is 14.3 Å². The van der Waals surface area contributed by atoms with Gasteiger partial charge in [0.2, 0.25) is 0 Å². The second-order valence-corrected chi connectivity index (χ2v) is 4.19. The molecule has 6 nitrogen and oxygen atoms in total. The fourth-order valence-electron chi connectivity index (χ4n) is 1.91. The summed E-state index contributed by atoms with van der Waals surface area (Å²) in [6, 6.07) is 8.25. The van der Waals surface area contributed by atoms with E-state index < -0.39 is 0 Å². The van der Waals surface area contributed by atoms with Gasteiger partial charge >= 0.3 is 6.15 Å². The van der Waals surface area contributed by atoms with Crippen LogP contribution in [0.4, 0.5) is 0 Å². The summed E-state index contributed by atoms with van der Waals surface area (Å²) in [5, 5.41) is 10.0. The van der Waals surface area contributed by atoms with Crippen LogP contribution in [0, 0.1) is 0 Å². The highest BCUT2D eigenvalue weighted by molar-refractivity contribution is 5.32. The maximum atomic E-state index is 8.12. The Morgan fingerprint density at radius 2 is 1.89 bits per heavy atom. The van der Waals surface area contributed by atoms with Gasteiger partial charge < -0.3 is 4.74 Å². The molecule has 6 heteroatoms. The van der Waals surface area contributed by atoms with Crippen LogP contribution in [-0.2, 0) is 9.59 Å². The summed E-state index contributed by atoms with van der Waals surface area (Å²) in [6.07, 6.45) is 5.81. The van der Waals surface area contributed by atoms with Crippen LogP contribution in [-0.4, -0.2) is 21.6 Å². The first-order valence-corrected chi connectivity index (χ1v) is 5.96. The molecule has 1 aromatic heterocycles. The first-order valence-electron chi connectivity index (χ1n) is 5.96. The van der Waals surface area contributed by atoms with E-state index in [0.29, 0.717) is 5.88 Å². The summed E-state index contributed by atoms with van der Waals surface area (Å²) in [7, 11) is 0. The van der Waals surface area contributed by atoms with Crippen LogP contribution in [0.3, 0.4) is 0 Å². The lowest BCUT2D eigenvalue weighted by atomic mass is 9.80. The molecule has 0 amide bonds. The molecule has 1 N–H and O–H groups in total. The van der Waals surface area contributed by atoms with E-state index in [1.54, 1.807) is 6.20 Å². The van der Waals surface area contributed by atoms with E-state index >= 15 is 0 Å². The third kappa shape index (κ3) is 3.50. The van der Waals surface area contributed by atoms with Crippen molar-refractivity contribution >= 4 is 6.15 Å². The number of aromatic amines is 1. The zero-order valence-electron chi connectivity index (χ0n) is 10.2. The number of ether oxygens (including phenoxy) is 1. The molecule has 0 radical (unpaired) electrons. The lowest BCUT2D eigenvalue weighted by Crippen LogP contribution is -2.08. The molecule has 1 aromatic carbocycles. The first kappa shape index (κ1) is 13.0. The minimum absolute atomic E-state index is 0.250. The summed E-state index contributed by atoms with van der Waals surface area (Å²) in [5.41, 5.74) is 1.42. The van der Waals surface area contributed by atoms with Gasteiger partial charge in [-0.2, -0.15) is 19.9 Å². The Hall–Kier alpha value is -2.46. The predicted molar refractivity (Wildman–Crippen MR) is 64.5 cm³/mol. The van der Waals surface area contributed by atoms with Gasteiger partial charge in [-0.15, -0.1) is 5.10 Å². The van der Waals surface area contributed by atoms with Crippen molar-refractivity contribution in [2.75, 3.05) is 0 Å². The molecular weight excluding hydrogens is 246 g/mol. The van der Waals surface area contributed by atoms with Crippen molar-refractivity contribution in [3.63, 3.8) is 0 Å². The van der Waals surface area contributed by atoms with Crippen LogP contribution in [0.1, 0.15) is 30.7 Å². The fourth-order valence-corrected chi connectivity index (χ4v) is 1.91. The number of nitrogens with one attached hydrogen (secondary N) is 1. The second-order valence-electron chi connectivity index (χ2n) is 4.19. The van der Waals surface area contributed by atoms with E-state index in [9.17, 15) is 0 Å². The average molecular weight is 259 g/mol. The molecule has 19 heavy (non-hydrogen) atoms. The van der Waals surface area contributed by atoms with Crippen LogP contribution in [0.15, 0.2) is 30.5 Å². The maximum absolute atomic E-state index is 8.12. The van der Waals surface area contributed by atoms with Crippen LogP contribution in [0.5, 0.6) is 11.6 Å². The molecule has 1 aliphatic rings. The fraction of sp³-hybridized carbons (Fsp3) is 0.308. The smallest absolute Gasteiger partial charge is 0.373 e. The zero-order valence-corrected chi connectivity index (χ0v) is 10.2. The summed E-state index contributed by atoms with van der Waals surface area (Å²) >= 11 is 0. The monoisotopic (exact) mass is 259 g/mol. The van der Waals surface area contributed by atoms with Crippen molar-refractivity contribution in [2.45, 2.75) is 25.2 Å². The summed E-state index contributed by atoms with van der Waals surface area (Å²) in [5.74, 6) is 2.06. The highest BCUT2D eigenvalue weighted by atomic mass is 16.5. The molecule has 3 rings (SSSR count). The molecule has 1 aliphatic carbocycles. The molecule has 2 aromatic rings. The number of benzene rings is 1. The Labute approximate surface area is 109 Å². The van der Waals surface area contributed by atoms with E-state index in [0.717, 1.165) is 11.7 Å². The van der Waals surface area contributed by atoms with E-state index in [2.05, 4.69) is 27.5 Å². The lowest BCUT2D eigenvalue weighted by molar-refractivity contribution is -0.191. The van der Waals surface area contributed by atoms with Crippen molar-refractivity contribution in [1.82, 2.24) is 15.4 Å². The van der Waals surface area contributed by atoms with Crippen LogP contribution >= 0.6 is 0 Å². The lowest BCUT2D eigenvalue weighted by Gasteiger charge is -2.25. The van der Waals surface area contributed by atoms with E-state index in [1.807, 2.05) is 12.1 Å². The molecule has 1 fully saturated rings. The molecule has 0 spiro atoms. The Morgan fingerprint density at radius 3 is 2.37 bits per heavy atom. The summed E-state index contributed by atoms with van der Waals surface area (Å²) < 4.78 is 5.50. The number of H-pyrrole nitrogens is 1. The van der Waals surface area contributed by atoms with Gasteiger partial charge in [-0.3, -0.25) is 0 Å². The van der Waals surface area contributed by atoms with E-state index in [-0.39, 0.29) is 6.15 Å². The third-order valence-electron chi connectivity index (χ3n) is 3.07. The van der Waals surface area contributed by atoms with E-state index in [1.165, 1.54) is 24.8 Å². The van der Waals surface area contributed by atoms with Crippen molar-refractivity contribution in [1.29, 1.82) is 0 Å². The average Bonchev–Trinajstić information content (AvgIpc) is 2.83. The minimum atomic E-state index is 0.250. The molecule has 0 unspecified atom stereocenters. The number of carbonyl (C=O) groups excluding carboxylic acids is 2. The van der Waals surface area contributed by atoms with Gasteiger partial charge in [0.05, 0.1) is 0 Å². The van der Waals surface area contributed by atoms with Gasteiger partial charge in [-0.1, -0.05) is 18.6 Å². The Kier molecular flexibility index (Phi) is 4.42. The van der Waals surface area contributed by atoms with Gasteiger partial charge in [0.1, 0.15) is 11.9 Å². The standard InChI is InChI=1S/C12H13N3O.CO2/c1-2-9(3-1)10-4-6-11(7-5-10)16-12-8-13-15-14-12;2-1-3/h4-9H,1-3H2,(H,13,14,15);. The molecule has 0 atom stereocenters. The predicted octanol–water partition coefficient (Wildman–Crippen LogP) is 2.28.